The molecule has 1 aromatic heterocycles. The van der Waals surface area contributed by atoms with Gasteiger partial charge in [-0.15, -0.1) is 0 Å². The Morgan fingerprint density at radius 2 is 2.03 bits per heavy atom. The maximum atomic E-state index is 12.6. The zero-order valence-electron chi connectivity index (χ0n) is 15.1. The summed E-state index contributed by atoms with van der Waals surface area (Å²) in [5.41, 5.74) is -0.276. The highest BCUT2D eigenvalue weighted by molar-refractivity contribution is 7.89. The summed E-state index contributed by atoms with van der Waals surface area (Å²) in [7, 11) is -3.82. The lowest BCUT2D eigenvalue weighted by Gasteiger charge is -2.16. The molecule has 1 fully saturated rings. The van der Waals surface area contributed by atoms with Crippen molar-refractivity contribution in [3.63, 3.8) is 0 Å². The number of ether oxygens (including phenoxy) is 1. The maximum Gasteiger partial charge on any atom is 0.312 e. The van der Waals surface area contributed by atoms with Crippen LogP contribution in [-0.2, 0) is 14.8 Å². The smallest absolute Gasteiger partial charge is 0.312 e. The highest BCUT2D eigenvalue weighted by Crippen LogP contribution is 2.31. The van der Waals surface area contributed by atoms with Crippen LogP contribution >= 0.6 is 11.6 Å². The Hall–Kier alpha value is -2.76. The highest BCUT2D eigenvalue weighted by atomic mass is 35.5. The van der Waals surface area contributed by atoms with Crippen molar-refractivity contribution in [2.24, 2.45) is 0 Å². The van der Waals surface area contributed by atoms with Gasteiger partial charge in [0.15, 0.2) is 17.5 Å². The molecule has 0 radical (unpaired) electrons. The van der Waals surface area contributed by atoms with Crippen molar-refractivity contribution in [3.05, 3.63) is 51.8 Å². The van der Waals surface area contributed by atoms with E-state index in [1.54, 1.807) is 6.07 Å². The number of amides is 1. The van der Waals surface area contributed by atoms with Crippen LogP contribution in [-0.4, -0.2) is 48.2 Å². The van der Waals surface area contributed by atoms with E-state index in [1.807, 2.05) is 0 Å². The van der Waals surface area contributed by atoms with Gasteiger partial charge in [0.1, 0.15) is 0 Å². The van der Waals surface area contributed by atoms with Crippen LogP contribution in [0.5, 0.6) is 5.75 Å². The van der Waals surface area contributed by atoms with Gasteiger partial charge in [-0.05, 0) is 37.1 Å². The Labute approximate surface area is 171 Å². The Kier molecular flexibility index (Phi) is 6.30. The number of hydrogen-bond acceptors (Lipinski definition) is 7. The molecule has 0 saturated carbocycles. The average Bonchev–Trinajstić information content (AvgIpc) is 3.23. The topological polar surface area (TPSA) is 132 Å². The number of nitro groups is 1. The van der Waals surface area contributed by atoms with Gasteiger partial charge in [0.05, 0.1) is 15.5 Å². The quantitative estimate of drug-likeness (QED) is 0.397. The van der Waals surface area contributed by atoms with Gasteiger partial charge >= 0.3 is 5.69 Å². The number of pyridine rings is 1. The van der Waals surface area contributed by atoms with Crippen LogP contribution in [0, 0.1) is 10.1 Å². The van der Waals surface area contributed by atoms with E-state index < -0.39 is 33.1 Å². The molecule has 1 saturated heterocycles. The number of carbonyl (C=O) groups excluding carboxylic acids is 1. The van der Waals surface area contributed by atoms with Crippen molar-refractivity contribution in [1.29, 1.82) is 0 Å². The third-order valence-electron chi connectivity index (χ3n) is 4.22. The number of anilines is 1. The minimum Gasteiger partial charge on any atom is -0.477 e. The minimum atomic E-state index is -3.82. The Balaban J connectivity index is 1.75. The maximum absolute atomic E-state index is 12.6. The van der Waals surface area contributed by atoms with Crippen LogP contribution < -0.4 is 10.1 Å². The summed E-state index contributed by atoms with van der Waals surface area (Å²) in [4.78, 5) is 26.3. The first kappa shape index (κ1) is 21.0. The molecule has 2 heterocycles. The second-order valence-electron chi connectivity index (χ2n) is 6.18. The van der Waals surface area contributed by atoms with E-state index in [4.69, 9.17) is 16.3 Å². The molecule has 29 heavy (non-hydrogen) atoms. The van der Waals surface area contributed by atoms with Crippen LogP contribution in [0.25, 0.3) is 0 Å². The van der Waals surface area contributed by atoms with Crippen LogP contribution in [0.4, 0.5) is 11.4 Å². The molecule has 2 aromatic rings. The third kappa shape index (κ3) is 4.81. The van der Waals surface area contributed by atoms with E-state index in [2.05, 4.69) is 10.3 Å². The molecule has 0 aliphatic carbocycles. The van der Waals surface area contributed by atoms with Crippen molar-refractivity contribution in [2.75, 3.05) is 25.0 Å². The molecule has 1 aliphatic heterocycles. The number of sulfonamides is 1. The number of halogens is 1. The summed E-state index contributed by atoms with van der Waals surface area (Å²) in [5.74, 6) is -0.828. The van der Waals surface area contributed by atoms with Gasteiger partial charge in [0.25, 0.3) is 5.91 Å². The highest BCUT2D eigenvalue weighted by Gasteiger charge is 2.30. The zero-order valence-corrected chi connectivity index (χ0v) is 16.6. The Morgan fingerprint density at radius 1 is 1.31 bits per heavy atom. The van der Waals surface area contributed by atoms with Crippen molar-refractivity contribution in [1.82, 2.24) is 9.29 Å². The first-order chi connectivity index (χ1) is 13.8. The lowest BCUT2D eigenvalue weighted by Crippen LogP contribution is -2.28. The molecule has 1 N–H and O–H groups in total. The molecule has 0 atom stereocenters. The number of hydrogen-bond donors (Lipinski definition) is 1. The lowest BCUT2D eigenvalue weighted by molar-refractivity contribution is -0.386. The largest absolute Gasteiger partial charge is 0.477 e. The Bertz CT molecular complexity index is 1040. The number of aromatic nitrogens is 1. The molecule has 3 rings (SSSR count). The third-order valence-corrected chi connectivity index (χ3v) is 6.42. The number of rotatable bonds is 7. The molecule has 10 nitrogen and oxygen atoms in total. The van der Waals surface area contributed by atoms with Gasteiger partial charge in [-0.3, -0.25) is 14.9 Å². The number of nitrogens with zero attached hydrogens (tertiary/aromatic N) is 3. The zero-order chi connectivity index (χ0) is 21.0. The second kappa shape index (κ2) is 8.72. The van der Waals surface area contributed by atoms with Crippen molar-refractivity contribution in [2.45, 2.75) is 17.7 Å². The Morgan fingerprint density at radius 3 is 2.69 bits per heavy atom. The molecule has 12 heteroatoms. The second-order valence-corrected chi connectivity index (χ2v) is 8.47. The number of nitro benzene ring substituents is 1. The molecule has 0 spiro atoms. The molecule has 1 aromatic carbocycles. The lowest BCUT2D eigenvalue weighted by atomic mass is 10.3. The van der Waals surface area contributed by atoms with Gasteiger partial charge in [0.2, 0.25) is 10.0 Å². The number of carbonyl (C=O) groups is 1. The molecule has 0 unspecified atom stereocenters. The summed E-state index contributed by atoms with van der Waals surface area (Å²) in [5, 5.41) is 14.0. The van der Waals surface area contributed by atoms with Gasteiger partial charge in [-0.1, -0.05) is 11.6 Å². The van der Waals surface area contributed by atoms with Crippen molar-refractivity contribution >= 4 is 38.9 Å². The standard InChI is InChI=1S/C17H17ClN4O6S/c18-17-13(4-3-7-19-17)20-16(23)11-28-15-6-5-12(10-14(15)22(24)25)29(26,27)21-8-1-2-9-21/h3-7,10H,1-2,8-9,11H2,(H,20,23). The van der Waals surface area contributed by atoms with E-state index in [1.165, 1.54) is 28.7 Å². The van der Waals surface area contributed by atoms with Gasteiger partial charge in [-0.2, -0.15) is 4.31 Å². The fourth-order valence-electron chi connectivity index (χ4n) is 2.81. The summed E-state index contributed by atoms with van der Waals surface area (Å²) < 4.78 is 31.7. The van der Waals surface area contributed by atoms with E-state index >= 15 is 0 Å². The molecular formula is C17H17ClN4O6S. The van der Waals surface area contributed by atoms with Crippen LogP contribution in [0.3, 0.4) is 0 Å². The molecular weight excluding hydrogens is 424 g/mol. The summed E-state index contributed by atoms with van der Waals surface area (Å²) >= 11 is 5.85. The molecule has 154 valence electrons. The predicted molar refractivity (Wildman–Crippen MR) is 104 cm³/mol. The van der Waals surface area contributed by atoms with Crippen LogP contribution in [0.15, 0.2) is 41.4 Å². The first-order valence-corrected chi connectivity index (χ1v) is 10.4. The first-order valence-electron chi connectivity index (χ1n) is 8.61. The normalized spacial score (nSPS) is 14.5. The van der Waals surface area contributed by atoms with Crippen molar-refractivity contribution in [3.8, 4) is 5.75 Å². The molecule has 1 aliphatic rings. The summed E-state index contributed by atoms with van der Waals surface area (Å²) in [6, 6.07) is 6.45. The predicted octanol–water partition coefficient (Wildman–Crippen LogP) is 2.45. The van der Waals surface area contributed by atoms with Gasteiger partial charge in [-0.25, -0.2) is 13.4 Å². The number of benzene rings is 1. The average molecular weight is 441 g/mol. The fraction of sp³-hybridized carbons (Fsp3) is 0.294. The summed E-state index contributed by atoms with van der Waals surface area (Å²) in [6.45, 7) is 0.223. The van der Waals surface area contributed by atoms with E-state index in [9.17, 15) is 23.3 Å². The van der Waals surface area contributed by atoms with E-state index in [0.717, 1.165) is 18.9 Å². The van der Waals surface area contributed by atoms with E-state index in [0.29, 0.717) is 13.1 Å². The van der Waals surface area contributed by atoms with Crippen molar-refractivity contribution < 1.29 is 22.9 Å². The molecule has 0 bridgehead atoms. The monoisotopic (exact) mass is 440 g/mol. The van der Waals surface area contributed by atoms with Crippen LogP contribution in [0.2, 0.25) is 5.15 Å². The number of nitrogens with one attached hydrogen (secondary N) is 1. The SMILES string of the molecule is O=C(COc1ccc(S(=O)(=O)N2CCCC2)cc1[N+](=O)[O-])Nc1cccnc1Cl. The summed E-state index contributed by atoms with van der Waals surface area (Å²) in [6.07, 6.45) is 2.95. The van der Waals surface area contributed by atoms with Gasteiger partial charge in [0, 0.05) is 25.4 Å². The fourth-order valence-corrected chi connectivity index (χ4v) is 4.51. The molecule has 1 amide bonds. The minimum absolute atomic E-state index is 0.0864. The van der Waals surface area contributed by atoms with E-state index in [-0.39, 0.29) is 21.5 Å². The van der Waals surface area contributed by atoms with Gasteiger partial charge < -0.3 is 10.1 Å². The van der Waals surface area contributed by atoms with Crippen LogP contribution in [0.1, 0.15) is 12.8 Å².